The van der Waals surface area contributed by atoms with Crippen molar-refractivity contribution >= 4 is 17.6 Å². The Morgan fingerprint density at radius 3 is 2.60 bits per heavy atom. The summed E-state index contributed by atoms with van der Waals surface area (Å²) in [6.45, 7) is 5.27. The molecule has 4 nitrogen and oxygen atoms in total. The Kier molecular flexibility index (Phi) is 4.84. The van der Waals surface area contributed by atoms with Gasteiger partial charge in [-0.05, 0) is 19.3 Å². The van der Waals surface area contributed by atoms with E-state index in [4.69, 9.17) is 5.73 Å². The molecule has 1 aromatic rings. The summed E-state index contributed by atoms with van der Waals surface area (Å²) in [6.07, 6.45) is 3.37. The molecule has 1 heterocycles. The van der Waals surface area contributed by atoms with Crippen molar-refractivity contribution in [2.24, 2.45) is 0 Å². The van der Waals surface area contributed by atoms with Gasteiger partial charge in [0.1, 0.15) is 5.82 Å². The Morgan fingerprint density at radius 1 is 1.40 bits per heavy atom. The molecule has 1 atom stereocenters. The summed E-state index contributed by atoms with van der Waals surface area (Å²) in [4.78, 5) is 10.6. The molecule has 0 bridgehead atoms. The highest BCUT2D eigenvalue weighted by Gasteiger charge is 2.16. The molecule has 0 aliphatic rings. The summed E-state index contributed by atoms with van der Waals surface area (Å²) in [6, 6.07) is 0. The van der Waals surface area contributed by atoms with Gasteiger partial charge < -0.3 is 5.73 Å². The van der Waals surface area contributed by atoms with Crippen molar-refractivity contribution in [2.75, 3.05) is 25.1 Å². The SMILES string of the molecule is CCSC(c1cnc(N)cn1)N(C)CC. The molecule has 0 aliphatic heterocycles. The summed E-state index contributed by atoms with van der Waals surface area (Å²) in [5, 5.41) is 0.271. The van der Waals surface area contributed by atoms with Gasteiger partial charge in [0.05, 0.1) is 23.5 Å². The molecule has 1 aromatic heterocycles. The largest absolute Gasteiger partial charge is 0.382 e. The van der Waals surface area contributed by atoms with Crippen LogP contribution in [-0.2, 0) is 0 Å². The van der Waals surface area contributed by atoms with Crippen LogP contribution in [0.25, 0.3) is 0 Å². The van der Waals surface area contributed by atoms with Gasteiger partial charge in [-0.3, -0.25) is 9.88 Å². The summed E-state index contributed by atoms with van der Waals surface area (Å²) >= 11 is 1.85. The van der Waals surface area contributed by atoms with Crippen LogP contribution in [0.2, 0.25) is 0 Å². The molecule has 84 valence electrons. The Balaban J connectivity index is 2.83. The van der Waals surface area contributed by atoms with Crippen LogP contribution >= 0.6 is 11.8 Å². The predicted molar refractivity (Wildman–Crippen MR) is 65.6 cm³/mol. The van der Waals surface area contributed by atoms with Crippen LogP contribution in [0.3, 0.4) is 0 Å². The average molecular weight is 226 g/mol. The van der Waals surface area contributed by atoms with E-state index >= 15 is 0 Å². The van der Waals surface area contributed by atoms with E-state index in [1.54, 1.807) is 12.4 Å². The van der Waals surface area contributed by atoms with Crippen LogP contribution in [0.4, 0.5) is 5.82 Å². The lowest BCUT2D eigenvalue weighted by atomic mass is 10.4. The number of nitrogen functional groups attached to an aromatic ring is 1. The van der Waals surface area contributed by atoms with Gasteiger partial charge in [0.15, 0.2) is 0 Å². The zero-order chi connectivity index (χ0) is 11.3. The lowest BCUT2D eigenvalue weighted by molar-refractivity contribution is 0.331. The van der Waals surface area contributed by atoms with Crippen molar-refractivity contribution in [3.8, 4) is 0 Å². The number of thioether (sulfide) groups is 1. The zero-order valence-electron chi connectivity index (χ0n) is 9.47. The quantitative estimate of drug-likeness (QED) is 0.775. The van der Waals surface area contributed by atoms with Crippen molar-refractivity contribution in [1.29, 1.82) is 0 Å². The van der Waals surface area contributed by atoms with E-state index in [2.05, 4.69) is 35.8 Å². The first-order valence-electron chi connectivity index (χ1n) is 5.08. The highest BCUT2D eigenvalue weighted by Crippen LogP contribution is 2.29. The van der Waals surface area contributed by atoms with Crippen molar-refractivity contribution in [3.63, 3.8) is 0 Å². The normalized spacial score (nSPS) is 13.1. The van der Waals surface area contributed by atoms with Gasteiger partial charge in [0, 0.05) is 0 Å². The number of hydrogen-bond donors (Lipinski definition) is 1. The molecule has 5 heteroatoms. The van der Waals surface area contributed by atoms with E-state index in [1.165, 1.54) is 0 Å². The van der Waals surface area contributed by atoms with Crippen LogP contribution < -0.4 is 5.73 Å². The third-order valence-electron chi connectivity index (χ3n) is 2.17. The number of rotatable bonds is 5. The van der Waals surface area contributed by atoms with Gasteiger partial charge in [-0.25, -0.2) is 4.98 Å². The summed E-state index contributed by atoms with van der Waals surface area (Å²) in [5.74, 6) is 1.53. The van der Waals surface area contributed by atoms with Gasteiger partial charge >= 0.3 is 0 Å². The second-order valence-electron chi connectivity index (χ2n) is 3.25. The second kappa shape index (κ2) is 5.92. The zero-order valence-corrected chi connectivity index (χ0v) is 10.3. The van der Waals surface area contributed by atoms with E-state index in [9.17, 15) is 0 Å². The number of anilines is 1. The Labute approximate surface area is 95.3 Å². The third-order valence-corrected chi connectivity index (χ3v) is 3.42. The first-order chi connectivity index (χ1) is 7.19. The molecule has 0 radical (unpaired) electrons. The molecule has 0 fully saturated rings. The van der Waals surface area contributed by atoms with Gasteiger partial charge in [-0.15, -0.1) is 11.8 Å². The first-order valence-corrected chi connectivity index (χ1v) is 6.13. The fourth-order valence-electron chi connectivity index (χ4n) is 1.24. The summed E-state index contributed by atoms with van der Waals surface area (Å²) in [7, 11) is 2.09. The maximum absolute atomic E-state index is 5.52. The Morgan fingerprint density at radius 2 is 2.13 bits per heavy atom. The lowest BCUT2D eigenvalue weighted by Gasteiger charge is -2.25. The van der Waals surface area contributed by atoms with E-state index < -0.39 is 0 Å². The molecule has 1 unspecified atom stereocenters. The standard InChI is InChI=1S/C10H18N4S/c1-4-14(3)10(15-5-2)8-6-13-9(11)7-12-8/h6-7,10H,4-5H2,1-3H3,(H2,11,13). The number of nitrogens with zero attached hydrogens (tertiary/aromatic N) is 3. The fourth-order valence-corrected chi connectivity index (χ4v) is 2.25. The fraction of sp³-hybridized carbons (Fsp3) is 0.600. The highest BCUT2D eigenvalue weighted by molar-refractivity contribution is 7.99. The van der Waals surface area contributed by atoms with Gasteiger partial charge in [-0.2, -0.15) is 0 Å². The van der Waals surface area contributed by atoms with E-state index in [-0.39, 0.29) is 5.37 Å². The minimum absolute atomic E-state index is 0.271. The molecule has 0 aliphatic carbocycles. The topological polar surface area (TPSA) is 55.0 Å². The molecule has 1 rings (SSSR count). The van der Waals surface area contributed by atoms with Crippen LogP contribution in [0.15, 0.2) is 12.4 Å². The van der Waals surface area contributed by atoms with E-state index in [0.29, 0.717) is 5.82 Å². The molecular weight excluding hydrogens is 208 g/mol. The minimum atomic E-state index is 0.271. The Hall–Kier alpha value is -0.810. The average Bonchev–Trinajstić information content (AvgIpc) is 2.26. The second-order valence-corrected chi connectivity index (χ2v) is 4.60. The molecule has 15 heavy (non-hydrogen) atoms. The molecular formula is C10H18N4S. The smallest absolute Gasteiger partial charge is 0.141 e. The first kappa shape index (κ1) is 12.3. The van der Waals surface area contributed by atoms with Crippen molar-refractivity contribution in [2.45, 2.75) is 19.2 Å². The summed E-state index contributed by atoms with van der Waals surface area (Å²) in [5.41, 5.74) is 6.49. The van der Waals surface area contributed by atoms with Gasteiger partial charge in [0.25, 0.3) is 0 Å². The minimum Gasteiger partial charge on any atom is -0.382 e. The molecule has 0 saturated carbocycles. The Bertz CT molecular complexity index is 288. The monoisotopic (exact) mass is 226 g/mol. The van der Waals surface area contributed by atoms with E-state index in [1.807, 2.05) is 11.8 Å². The van der Waals surface area contributed by atoms with Crippen molar-refractivity contribution < 1.29 is 0 Å². The number of nitrogens with two attached hydrogens (primary N) is 1. The number of hydrogen-bond acceptors (Lipinski definition) is 5. The van der Waals surface area contributed by atoms with Crippen molar-refractivity contribution in [3.05, 3.63) is 18.1 Å². The molecule has 0 spiro atoms. The van der Waals surface area contributed by atoms with Gasteiger partial charge in [0.2, 0.25) is 0 Å². The van der Waals surface area contributed by atoms with Crippen LogP contribution in [0, 0.1) is 0 Å². The molecule has 0 aromatic carbocycles. The maximum Gasteiger partial charge on any atom is 0.141 e. The maximum atomic E-state index is 5.52. The molecule has 2 N–H and O–H groups in total. The van der Waals surface area contributed by atoms with E-state index in [0.717, 1.165) is 18.0 Å². The summed E-state index contributed by atoms with van der Waals surface area (Å²) < 4.78 is 0. The predicted octanol–water partition coefficient (Wildman–Crippen LogP) is 1.76. The van der Waals surface area contributed by atoms with Crippen LogP contribution in [0.5, 0.6) is 0 Å². The van der Waals surface area contributed by atoms with Crippen LogP contribution in [-0.4, -0.2) is 34.2 Å². The van der Waals surface area contributed by atoms with Gasteiger partial charge in [-0.1, -0.05) is 13.8 Å². The lowest BCUT2D eigenvalue weighted by Crippen LogP contribution is -2.23. The highest BCUT2D eigenvalue weighted by atomic mass is 32.2. The molecule has 0 saturated heterocycles. The molecule has 0 amide bonds. The van der Waals surface area contributed by atoms with Crippen molar-refractivity contribution in [1.82, 2.24) is 14.9 Å². The third kappa shape index (κ3) is 3.35. The van der Waals surface area contributed by atoms with Crippen LogP contribution in [0.1, 0.15) is 24.9 Å². The number of aromatic nitrogens is 2.